The van der Waals surface area contributed by atoms with Crippen molar-refractivity contribution in [3.05, 3.63) is 51.3 Å². The van der Waals surface area contributed by atoms with Crippen LogP contribution in [0.1, 0.15) is 19.3 Å². The van der Waals surface area contributed by atoms with Crippen LogP contribution >= 0.6 is 0 Å². The molecule has 150 valence electrons. The highest BCUT2D eigenvalue weighted by Gasteiger charge is 2.19. The van der Waals surface area contributed by atoms with Gasteiger partial charge in [-0.1, -0.05) is 6.42 Å². The van der Waals surface area contributed by atoms with Crippen LogP contribution in [0.2, 0.25) is 0 Å². The van der Waals surface area contributed by atoms with Crippen molar-refractivity contribution in [3.63, 3.8) is 0 Å². The molecule has 0 atom stereocenters. The van der Waals surface area contributed by atoms with Crippen LogP contribution in [0.3, 0.4) is 0 Å². The summed E-state index contributed by atoms with van der Waals surface area (Å²) in [6, 6.07) is 10.2. The molecule has 0 bridgehead atoms. The van der Waals surface area contributed by atoms with Crippen molar-refractivity contribution in [3.8, 4) is 17.2 Å². The Kier molecular flexibility index (Phi) is 4.76. The number of piperidine rings is 1. The Morgan fingerprint density at radius 1 is 0.931 bits per heavy atom. The SMILES string of the molecule is COc1cc2c(cc1OC)=C1N=c3ccc(OCCN4CCCCC4)cc3=C1C=2. The number of fused-ring (bicyclic) bond motifs is 3. The zero-order valence-corrected chi connectivity index (χ0v) is 17.0. The van der Waals surface area contributed by atoms with Crippen molar-refractivity contribution in [2.24, 2.45) is 4.99 Å². The quantitative estimate of drug-likeness (QED) is 0.737. The minimum atomic E-state index is 0.722. The largest absolute Gasteiger partial charge is 0.493 e. The van der Waals surface area contributed by atoms with E-state index in [0.29, 0.717) is 0 Å². The molecule has 2 aromatic rings. The number of nitrogens with zero attached hydrogens (tertiary/aromatic N) is 2. The molecule has 0 unspecified atom stereocenters. The minimum absolute atomic E-state index is 0.722. The van der Waals surface area contributed by atoms with Crippen molar-refractivity contribution < 1.29 is 14.2 Å². The highest BCUT2D eigenvalue weighted by Crippen LogP contribution is 2.26. The second kappa shape index (κ2) is 7.56. The molecular weight excluding hydrogens is 364 g/mol. The summed E-state index contributed by atoms with van der Waals surface area (Å²) in [4.78, 5) is 7.36. The van der Waals surface area contributed by atoms with E-state index in [4.69, 9.17) is 19.2 Å². The Balaban J connectivity index is 1.45. The predicted molar refractivity (Wildman–Crippen MR) is 113 cm³/mol. The Morgan fingerprint density at radius 3 is 2.52 bits per heavy atom. The van der Waals surface area contributed by atoms with Crippen LogP contribution < -0.4 is 35.2 Å². The van der Waals surface area contributed by atoms with Gasteiger partial charge in [0.05, 0.1) is 25.3 Å². The Labute approximate surface area is 170 Å². The van der Waals surface area contributed by atoms with Gasteiger partial charge in [0.1, 0.15) is 12.4 Å². The summed E-state index contributed by atoms with van der Waals surface area (Å²) >= 11 is 0. The monoisotopic (exact) mass is 390 g/mol. The standard InChI is InChI=1S/C24H26N2O3/c1-27-22-13-16-12-20-19-14-17(29-11-10-26-8-4-3-5-9-26)6-7-21(19)25-24(20)18(16)15-23(22)28-2/h6-7,12-15H,3-5,8-11H2,1-2H3. The second-order valence-corrected chi connectivity index (χ2v) is 7.74. The molecule has 0 saturated carbocycles. The number of hydrogen-bond acceptors (Lipinski definition) is 5. The lowest BCUT2D eigenvalue weighted by atomic mass is 10.1. The van der Waals surface area contributed by atoms with Gasteiger partial charge in [-0.3, -0.25) is 4.90 Å². The molecule has 0 radical (unpaired) electrons. The van der Waals surface area contributed by atoms with E-state index >= 15 is 0 Å². The molecule has 1 saturated heterocycles. The van der Waals surface area contributed by atoms with Crippen molar-refractivity contribution in [1.29, 1.82) is 0 Å². The molecule has 0 aromatic heterocycles. The van der Waals surface area contributed by atoms with Gasteiger partial charge in [-0.25, -0.2) is 4.99 Å². The number of methoxy groups -OCH3 is 2. The lowest BCUT2D eigenvalue weighted by Gasteiger charge is -2.26. The molecule has 0 amide bonds. The lowest BCUT2D eigenvalue weighted by molar-refractivity contribution is 0.183. The van der Waals surface area contributed by atoms with Gasteiger partial charge in [0.15, 0.2) is 11.5 Å². The van der Waals surface area contributed by atoms with E-state index in [1.807, 2.05) is 18.2 Å². The third-order valence-corrected chi connectivity index (χ3v) is 5.98. The van der Waals surface area contributed by atoms with E-state index in [1.165, 1.54) is 32.4 Å². The highest BCUT2D eigenvalue weighted by molar-refractivity contribution is 6.07. The normalized spacial score (nSPS) is 17.2. The number of ether oxygens (including phenoxy) is 3. The number of rotatable bonds is 6. The fourth-order valence-electron chi connectivity index (χ4n) is 4.43. The van der Waals surface area contributed by atoms with E-state index < -0.39 is 0 Å². The van der Waals surface area contributed by atoms with Crippen LogP contribution in [0.25, 0.3) is 17.3 Å². The molecule has 5 rings (SSSR count). The molecule has 5 nitrogen and oxygen atoms in total. The summed E-state index contributed by atoms with van der Waals surface area (Å²) in [5.74, 6) is 2.37. The smallest absolute Gasteiger partial charge is 0.161 e. The summed E-state index contributed by atoms with van der Waals surface area (Å²) < 4.78 is 17.0. The van der Waals surface area contributed by atoms with Crippen LogP contribution in [0.5, 0.6) is 17.2 Å². The van der Waals surface area contributed by atoms with Crippen LogP contribution in [-0.4, -0.2) is 45.4 Å². The first kappa shape index (κ1) is 18.3. The molecular formula is C24H26N2O3. The zero-order chi connectivity index (χ0) is 19.8. The average Bonchev–Trinajstić information content (AvgIpc) is 3.29. The van der Waals surface area contributed by atoms with Crippen molar-refractivity contribution in [1.82, 2.24) is 4.90 Å². The van der Waals surface area contributed by atoms with Gasteiger partial charge in [-0.2, -0.15) is 0 Å². The molecule has 0 spiro atoms. The van der Waals surface area contributed by atoms with Crippen molar-refractivity contribution in [2.45, 2.75) is 19.3 Å². The number of likely N-dealkylation sites (tertiary alicyclic amines) is 1. The van der Waals surface area contributed by atoms with Crippen LogP contribution in [0, 0.1) is 0 Å². The van der Waals surface area contributed by atoms with Gasteiger partial charge < -0.3 is 14.2 Å². The van der Waals surface area contributed by atoms with Gasteiger partial charge in [-0.15, -0.1) is 0 Å². The molecule has 0 N–H and O–H groups in total. The fourth-order valence-corrected chi connectivity index (χ4v) is 4.43. The fraction of sp³-hybridized carbons (Fsp3) is 0.375. The van der Waals surface area contributed by atoms with Gasteiger partial charge >= 0.3 is 0 Å². The van der Waals surface area contributed by atoms with Gasteiger partial charge in [-0.05, 0) is 67.6 Å². The molecule has 5 heteroatoms. The number of hydrogen-bond donors (Lipinski definition) is 0. The van der Waals surface area contributed by atoms with Crippen LogP contribution in [0.4, 0.5) is 0 Å². The maximum Gasteiger partial charge on any atom is 0.161 e. The topological polar surface area (TPSA) is 43.3 Å². The molecule has 2 aromatic carbocycles. The lowest BCUT2D eigenvalue weighted by Crippen LogP contribution is -2.33. The first-order valence-corrected chi connectivity index (χ1v) is 10.3. The van der Waals surface area contributed by atoms with Crippen LogP contribution in [-0.2, 0) is 0 Å². The molecule has 2 heterocycles. The summed E-state index contributed by atoms with van der Waals surface area (Å²) in [6.45, 7) is 4.11. The van der Waals surface area contributed by atoms with E-state index in [0.717, 1.165) is 62.7 Å². The predicted octanol–water partition coefficient (Wildman–Crippen LogP) is 0.955. The van der Waals surface area contributed by atoms with Gasteiger partial charge in [0.25, 0.3) is 0 Å². The highest BCUT2D eigenvalue weighted by atomic mass is 16.5. The average molecular weight is 390 g/mol. The van der Waals surface area contributed by atoms with Crippen molar-refractivity contribution in [2.75, 3.05) is 40.5 Å². The zero-order valence-electron chi connectivity index (χ0n) is 17.0. The van der Waals surface area contributed by atoms with E-state index in [9.17, 15) is 0 Å². The Morgan fingerprint density at radius 2 is 1.72 bits per heavy atom. The molecule has 1 fully saturated rings. The molecule has 2 aliphatic heterocycles. The summed E-state index contributed by atoms with van der Waals surface area (Å²) in [6.07, 6.45) is 6.16. The second-order valence-electron chi connectivity index (χ2n) is 7.74. The van der Waals surface area contributed by atoms with E-state index in [2.05, 4.69) is 23.1 Å². The van der Waals surface area contributed by atoms with E-state index in [-0.39, 0.29) is 0 Å². The first-order chi connectivity index (χ1) is 14.3. The minimum Gasteiger partial charge on any atom is -0.493 e. The van der Waals surface area contributed by atoms with Gasteiger partial charge in [0, 0.05) is 22.6 Å². The van der Waals surface area contributed by atoms with Crippen LogP contribution in [0.15, 0.2) is 35.3 Å². The molecule has 3 aliphatic rings. The Bertz CT molecular complexity index is 1190. The summed E-state index contributed by atoms with van der Waals surface area (Å²) in [5, 5.41) is 4.32. The first-order valence-electron chi connectivity index (χ1n) is 10.3. The third-order valence-electron chi connectivity index (χ3n) is 5.98. The number of benzene rings is 2. The Hall–Kier alpha value is -2.79. The third kappa shape index (κ3) is 3.29. The van der Waals surface area contributed by atoms with Crippen molar-refractivity contribution >= 4 is 17.3 Å². The van der Waals surface area contributed by atoms with Gasteiger partial charge in [0.2, 0.25) is 0 Å². The maximum absolute atomic E-state index is 6.07. The molecule has 1 aliphatic carbocycles. The summed E-state index contributed by atoms with van der Waals surface area (Å²) in [7, 11) is 3.32. The summed E-state index contributed by atoms with van der Waals surface area (Å²) in [5.41, 5.74) is 2.15. The molecule has 29 heavy (non-hydrogen) atoms. The maximum atomic E-state index is 6.07. The van der Waals surface area contributed by atoms with E-state index in [1.54, 1.807) is 14.2 Å².